The molecule has 2 N–H and O–H groups in total. The molecule has 1 aliphatic heterocycles. The summed E-state index contributed by atoms with van der Waals surface area (Å²) in [5.41, 5.74) is 5.21. The lowest BCUT2D eigenvalue weighted by atomic mass is 10.2. The number of nitrogens with zero attached hydrogens (tertiary/aromatic N) is 4. The largest absolute Gasteiger partial charge is 0.370 e. The highest BCUT2D eigenvalue weighted by molar-refractivity contribution is 7.99. The molecule has 140 valence electrons. The first-order valence-corrected chi connectivity index (χ1v) is 10.6. The molecule has 2 amide bonds. The van der Waals surface area contributed by atoms with Crippen molar-refractivity contribution in [2.75, 3.05) is 12.3 Å². The normalized spacial score (nSPS) is 17.0. The lowest BCUT2D eigenvalue weighted by Crippen LogP contribution is -2.31. The topological polar surface area (TPSA) is 94.1 Å². The van der Waals surface area contributed by atoms with Crippen molar-refractivity contribution in [3.8, 4) is 0 Å². The first-order valence-electron chi connectivity index (χ1n) is 8.76. The number of thiophene rings is 1. The standard InChI is InChI=1S/C17H23N5O2S2/c1-2-21-15(8-7-14(18)23)19-20-17(21)26-11-16(24)22-9-3-5-12(22)13-6-4-10-25-13/h4,6,10,12H,2-3,5,7-9,11H2,1H3,(H2,18,23)/t12-/m0/s1. The van der Waals surface area contributed by atoms with E-state index < -0.39 is 0 Å². The minimum atomic E-state index is -0.353. The predicted octanol–water partition coefficient (Wildman–Crippen LogP) is 2.23. The lowest BCUT2D eigenvalue weighted by Gasteiger charge is -2.23. The van der Waals surface area contributed by atoms with Crippen molar-refractivity contribution in [3.63, 3.8) is 0 Å². The molecule has 0 aliphatic carbocycles. The molecule has 0 aromatic carbocycles. The van der Waals surface area contributed by atoms with Crippen LogP contribution in [0.1, 0.15) is 42.9 Å². The maximum Gasteiger partial charge on any atom is 0.233 e. The van der Waals surface area contributed by atoms with Crippen molar-refractivity contribution < 1.29 is 9.59 Å². The van der Waals surface area contributed by atoms with E-state index in [0.29, 0.717) is 23.9 Å². The van der Waals surface area contributed by atoms with E-state index in [1.165, 1.54) is 16.6 Å². The van der Waals surface area contributed by atoms with Gasteiger partial charge in [-0.15, -0.1) is 21.5 Å². The number of aryl methyl sites for hydroxylation is 1. The van der Waals surface area contributed by atoms with E-state index in [4.69, 9.17) is 5.73 Å². The van der Waals surface area contributed by atoms with Gasteiger partial charge < -0.3 is 15.2 Å². The van der Waals surface area contributed by atoms with Crippen LogP contribution in [0.5, 0.6) is 0 Å². The van der Waals surface area contributed by atoms with Gasteiger partial charge in [0.1, 0.15) is 5.82 Å². The Morgan fingerprint density at radius 2 is 2.27 bits per heavy atom. The van der Waals surface area contributed by atoms with Crippen molar-refractivity contribution >= 4 is 34.9 Å². The molecule has 7 nitrogen and oxygen atoms in total. The fourth-order valence-corrected chi connectivity index (χ4v) is 5.00. The van der Waals surface area contributed by atoms with Crippen molar-refractivity contribution in [1.29, 1.82) is 0 Å². The second-order valence-corrected chi connectivity index (χ2v) is 8.08. The van der Waals surface area contributed by atoms with Gasteiger partial charge in [-0.2, -0.15) is 0 Å². The lowest BCUT2D eigenvalue weighted by molar-refractivity contribution is -0.129. The number of likely N-dealkylation sites (tertiary alicyclic amines) is 1. The van der Waals surface area contributed by atoms with Crippen LogP contribution in [-0.4, -0.2) is 43.8 Å². The molecular formula is C17H23N5O2S2. The highest BCUT2D eigenvalue weighted by Gasteiger charge is 2.30. The molecule has 26 heavy (non-hydrogen) atoms. The van der Waals surface area contributed by atoms with E-state index in [-0.39, 0.29) is 24.3 Å². The van der Waals surface area contributed by atoms with Crippen LogP contribution in [0, 0.1) is 0 Å². The number of hydrogen-bond donors (Lipinski definition) is 1. The molecule has 1 aliphatic rings. The van der Waals surface area contributed by atoms with Gasteiger partial charge >= 0.3 is 0 Å². The Morgan fingerprint density at radius 1 is 1.42 bits per heavy atom. The highest BCUT2D eigenvalue weighted by Crippen LogP contribution is 2.35. The van der Waals surface area contributed by atoms with Gasteiger partial charge in [-0.25, -0.2) is 0 Å². The summed E-state index contributed by atoms with van der Waals surface area (Å²) in [6.07, 6.45) is 2.79. The van der Waals surface area contributed by atoms with E-state index in [2.05, 4.69) is 21.6 Å². The maximum atomic E-state index is 12.7. The minimum absolute atomic E-state index is 0.134. The average molecular weight is 394 g/mol. The van der Waals surface area contributed by atoms with E-state index in [1.807, 2.05) is 22.5 Å². The molecule has 0 unspecified atom stereocenters. The Hall–Kier alpha value is -1.87. The molecule has 0 saturated carbocycles. The minimum Gasteiger partial charge on any atom is -0.370 e. The maximum absolute atomic E-state index is 12.7. The number of nitrogens with two attached hydrogens (primary N) is 1. The highest BCUT2D eigenvalue weighted by atomic mass is 32.2. The Bertz CT molecular complexity index is 759. The van der Waals surface area contributed by atoms with Crippen LogP contribution in [-0.2, 0) is 22.6 Å². The number of rotatable bonds is 8. The van der Waals surface area contributed by atoms with Gasteiger partial charge in [-0.3, -0.25) is 9.59 Å². The number of hydrogen-bond acceptors (Lipinski definition) is 6. The first kappa shape index (κ1) is 18.9. The molecule has 3 heterocycles. The van der Waals surface area contributed by atoms with Gasteiger partial charge in [0.15, 0.2) is 5.16 Å². The quantitative estimate of drug-likeness (QED) is 0.694. The van der Waals surface area contributed by atoms with Crippen LogP contribution in [0.2, 0.25) is 0 Å². The molecule has 0 bridgehead atoms. The fraction of sp³-hybridized carbons (Fsp3) is 0.529. The molecule has 1 atom stereocenters. The third-order valence-electron chi connectivity index (χ3n) is 4.47. The molecule has 3 rings (SSSR count). The van der Waals surface area contributed by atoms with Gasteiger partial charge in [0.2, 0.25) is 11.8 Å². The molecule has 1 fully saturated rings. The van der Waals surface area contributed by atoms with Crippen molar-refractivity contribution in [1.82, 2.24) is 19.7 Å². The van der Waals surface area contributed by atoms with Gasteiger partial charge in [0, 0.05) is 30.8 Å². The Kier molecular flexibility index (Phi) is 6.31. The molecule has 0 spiro atoms. The van der Waals surface area contributed by atoms with Crippen LogP contribution in [0.15, 0.2) is 22.7 Å². The summed E-state index contributed by atoms with van der Waals surface area (Å²) in [7, 11) is 0. The SMILES string of the molecule is CCn1c(CCC(N)=O)nnc1SCC(=O)N1CCC[C@H]1c1cccs1. The van der Waals surface area contributed by atoms with E-state index in [9.17, 15) is 9.59 Å². The summed E-state index contributed by atoms with van der Waals surface area (Å²) in [4.78, 5) is 27.0. The number of primary amides is 1. The molecule has 9 heteroatoms. The number of carbonyl (C=O) groups is 2. The van der Waals surface area contributed by atoms with E-state index >= 15 is 0 Å². The summed E-state index contributed by atoms with van der Waals surface area (Å²) < 4.78 is 1.95. The Labute approximate surface area is 161 Å². The molecule has 2 aromatic rings. The summed E-state index contributed by atoms with van der Waals surface area (Å²) in [6, 6.07) is 4.35. The van der Waals surface area contributed by atoms with Crippen LogP contribution in [0.3, 0.4) is 0 Å². The summed E-state index contributed by atoms with van der Waals surface area (Å²) >= 11 is 3.11. The first-order chi connectivity index (χ1) is 12.6. The molecule has 0 radical (unpaired) electrons. The second-order valence-electron chi connectivity index (χ2n) is 6.16. The molecule has 1 saturated heterocycles. The number of thioether (sulfide) groups is 1. The number of amides is 2. The third kappa shape index (κ3) is 4.27. The Balaban J connectivity index is 1.61. The van der Waals surface area contributed by atoms with E-state index in [1.54, 1.807) is 11.3 Å². The van der Waals surface area contributed by atoms with Crippen molar-refractivity contribution in [2.24, 2.45) is 5.73 Å². The van der Waals surface area contributed by atoms with Crippen LogP contribution in [0.25, 0.3) is 0 Å². The van der Waals surface area contributed by atoms with E-state index in [0.717, 1.165) is 25.2 Å². The zero-order chi connectivity index (χ0) is 18.5. The van der Waals surface area contributed by atoms with Crippen LogP contribution in [0.4, 0.5) is 0 Å². The second kappa shape index (κ2) is 8.68. The van der Waals surface area contributed by atoms with Gasteiger partial charge in [0.05, 0.1) is 11.8 Å². The van der Waals surface area contributed by atoms with Gasteiger partial charge in [-0.05, 0) is 31.2 Å². The summed E-state index contributed by atoms with van der Waals surface area (Å²) in [5.74, 6) is 0.860. The van der Waals surface area contributed by atoms with Gasteiger partial charge in [-0.1, -0.05) is 17.8 Å². The molecule has 2 aromatic heterocycles. The number of carbonyl (C=O) groups excluding carboxylic acids is 2. The summed E-state index contributed by atoms with van der Waals surface area (Å²) in [6.45, 7) is 3.50. The fourth-order valence-electron chi connectivity index (χ4n) is 3.21. The van der Waals surface area contributed by atoms with Crippen molar-refractivity contribution in [3.05, 3.63) is 28.2 Å². The van der Waals surface area contributed by atoms with Gasteiger partial charge in [0.25, 0.3) is 0 Å². The zero-order valence-electron chi connectivity index (χ0n) is 14.8. The predicted molar refractivity (Wildman–Crippen MR) is 102 cm³/mol. The smallest absolute Gasteiger partial charge is 0.233 e. The average Bonchev–Trinajstić information content (AvgIpc) is 3.37. The third-order valence-corrected chi connectivity index (χ3v) is 6.40. The number of aromatic nitrogens is 3. The van der Waals surface area contributed by atoms with Crippen LogP contribution >= 0.6 is 23.1 Å². The Morgan fingerprint density at radius 3 is 2.96 bits per heavy atom. The monoisotopic (exact) mass is 393 g/mol. The summed E-state index contributed by atoms with van der Waals surface area (Å²) in [5, 5.41) is 11.1. The van der Waals surface area contributed by atoms with Crippen molar-refractivity contribution in [2.45, 2.75) is 50.4 Å². The van der Waals surface area contributed by atoms with Crippen LogP contribution < -0.4 is 5.73 Å². The molecular weight excluding hydrogens is 370 g/mol. The zero-order valence-corrected chi connectivity index (χ0v) is 16.4.